The van der Waals surface area contributed by atoms with Gasteiger partial charge in [-0.15, -0.1) is 24.0 Å². The van der Waals surface area contributed by atoms with Crippen LogP contribution in [0.15, 0.2) is 23.2 Å². The summed E-state index contributed by atoms with van der Waals surface area (Å²) in [6.45, 7) is 8.85. The van der Waals surface area contributed by atoms with E-state index in [1.807, 2.05) is 0 Å². The van der Waals surface area contributed by atoms with E-state index < -0.39 is 0 Å². The molecule has 1 fully saturated rings. The first-order chi connectivity index (χ1) is 13.2. The predicted molar refractivity (Wildman–Crippen MR) is 125 cm³/mol. The fourth-order valence-corrected chi connectivity index (χ4v) is 2.93. The highest BCUT2D eigenvalue weighted by Gasteiger charge is 2.13. The van der Waals surface area contributed by atoms with Crippen LogP contribution in [0.4, 0.5) is 0 Å². The standard InChI is InChI=1S/C21H35N3O3.HI/c1-4-11-27-20-15-17(2)6-7-18(20)16-24-21(22-3)23-10-5-12-26-19-8-13-25-14-9-19;/h6-7,15,19H,4-5,8-14,16H2,1-3H3,(H2,22,23,24);1H. The average molecular weight is 505 g/mol. The zero-order valence-electron chi connectivity index (χ0n) is 17.5. The van der Waals surface area contributed by atoms with Crippen molar-refractivity contribution >= 4 is 29.9 Å². The molecular formula is C21H36IN3O3. The zero-order valence-corrected chi connectivity index (χ0v) is 19.8. The van der Waals surface area contributed by atoms with Gasteiger partial charge in [0.15, 0.2) is 5.96 Å². The van der Waals surface area contributed by atoms with Gasteiger partial charge in [0.2, 0.25) is 0 Å². The van der Waals surface area contributed by atoms with Gasteiger partial charge >= 0.3 is 0 Å². The van der Waals surface area contributed by atoms with E-state index in [1.54, 1.807) is 7.05 Å². The molecule has 2 N–H and O–H groups in total. The van der Waals surface area contributed by atoms with Crippen molar-refractivity contribution < 1.29 is 14.2 Å². The summed E-state index contributed by atoms with van der Waals surface area (Å²) in [5.41, 5.74) is 2.34. The molecule has 0 amide bonds. The van der Waals surface area contributed by atoms with Crippen molar-refractivity contribution in [3.05, 3.63) is 29.3 Å². The van der Waals surface area contributed by atoms with Gasteiger partial charge < -0.3 is 24.8 Å². The lowest BCUT2D eigenvalue weighted by atomic mass is 10.1. The van der Waals surface area contributed by atoms with Crippen LogP contribution in [0, 0.1) is 6.92 Å². The fraction of sp³-hybridized carbons (Fsp3) is 0.667. The van der Waals surface area contributed by atoms with Crippen molar-refractivity contribution in [3.63, 3.8) is 0 Å². The van der Waals surface area contributed by atoms with Gasteiger partial charge in [-0.05, 0) is 44.2 Å². The molecule has 7 heteroatoms. The van der Waals surface area contributed by atoms with Crippen molar-refractivity contribution in [1.82, 2.24) is 10.6 Å². The second kappa shape index (κ2) is 14.9. The van der Waals surface area contributed by atoms with Crippen LogP contribution in [-0.4, -0.2) is 52.1 Å². The summed E-state index contributed by atoms with van der Waals surface area (Å²) in [6, 6.07) is 6.32. The SMILES string of the molecule is CCCOc1cc(C)ccc1CNC(=NC)NCCCOC1CCOCC1.I. The molecule has 0 saturated carbocycles. The van der Waals surface area contributed by atoms with Crippen LogP contribution in [0.25, 0.3) is 0 Å². The van der Waals surface area contributed by atoms with Crippen LogP contribution in [0.2, 0.25) is 0 Å². The lowest BCUT2D eigenvalue weighted by Gasteiger charge is -2.22. The number of aryl methyl sites for hydroxylation is 1. The highest BCUT2D eigenvalue weighted by Crippen LogP contribution is 2.20. The molecule has 0 aromatic heterocycles. The summed E-state index contributed by atoms with van der Waals surface area (Å²) < 4.78 is 17.1. The van der Waals surface area contributed by atoms with Gasteiger partial charge in [0.1, 0.15) is 5.75 Å². The summed E-state index contributed by atoms with van der Waals surface area (Å²) in [5, 5.41) is 6.71. The molecule has 0 spiro atoms. The van der Waals surface area contributed by atoms with E-state index in [9.17, 15) is 0 Å². The number of aliphatic imine (C=N–C) groups is 1. The summed E-state index contributed by atoms with van der Waals surface area (Å²) in [4.78, 5) is 4.30. The van der Waals surface area contributed by atoms with Gasteiger partial charge in [-0.1, -0.05) is 19.1 Å². The maximum absolute atomic E-state index is 5.90. The van der Waals surface area contributed by atoms with Crippen LogP contribution in [0.3, 0.4) is 0 Å². The predicted octanol–water partition coefficient (Wildman–Crippen LogP) is 3.65. The highest BCUT2D eigenvalue weighted by molar-refractivity contribution is 14.0. The number of benzene rings is 1. The van der Waals surface area contributed by atoms with E-state index in [2.05, 4.69) is 47.7 Å². The molecule has 1 aromatic rings. The smallest absolute Gasteiger partial charge is 0.191 e. The monoisotopic (exact) mass is 505 g/mol. The van der Waals surface area contributed by atoms with Gasteiger partial charge in [-0.3, -0.25) is 4.99 Å². The second-order valence-corrected chi connectivity index (χ2v) is 6.85. The molecular weight excluding hydrogens is 469 g/mol. The first kappa shape index (κ1) is 25.0. The fourth-order valence-electron chi connectivity index (χ4n) is 2.93. The van der Waals surface area contributed by atoms with Gasteiger partial charge in [0, 0.05) is 45.5 Å². The number of hydrogen-bond donors (Lipinski definition) is 2. The number of ether oxygens (including phenoxy) is 3. The van der Waals surface area contributed by atoms with E-state index in [0.29, 0.717) is 12.6 Å². The molecule has 28 heavy (non-hydrogen) atoms. The number of nitrogens with one attached hydrogen (secondary N) is 2. The number of hydrogen-bond acceptors (Lipinski definition) is 4. The van der Waals surface area contributed by atoms with Gasteiger partial charge in [0.25, 0.3) is 0 Å². The number of halogens is 1. The number of guanidine groups is 1. The third-order valence-electron chi connectivity index (χ3n) is 4.49. The normalized spacial score (nSPS) is 15.0. The zero-order chi connectivity index (χ0) is 19.3. The van der Waals surface area contributed by atoms with E-state index >= 15 is 0 Å². The summed E-state index contributed by atoms with van der Waals surface area (Å²) in [5.74, 6) is 1.74. The molecule has 0 atom stereocenters. The highest BCUT2D eigenvalue weighted by atomic mass is 127. The van der Waals surface area contributed by atoms with Crippen LogP contribution in [0.5, 0.6) is 5.75 Å². The van der Waals surface area contributed by atoms with Crippen molar-refractivity contribution in [2.75, 3.05) is 40.0 Å². The third-order valence-corrected chi connectivity index (χ3v) is 4.49. The topological polar surface area (TPSA) is 64.1 Å². The van der Waals surface area contributed by atoms with E-state index in [-0.39, 0.29) is 24.0 Å². The van der Waals surface area contributed by atoms with E-state index in [0.717, 1.165) is 75.9 Å². The largest absolute Gasteiger partial charge is 0.493 e. The summed E-state index contributed by atoms with van der Waals surface area (Å²) in [7, 11) is 1.79. The molecule has 0 unspecified atom stereocenters. The summed E-state index contributed by atoms with van der Waals surface area (Å²) >= 11 is 0. The Morgan fingerprint density at radius 3 is 2.71 bits per heavy atom. The molecule has 1 aromatic carbocycles. The molecule has 0 radical (unpaired) electrons. The quantitative estimate of drug-likeness (QED) is 0.220. The second-order valence-electron chi connectivity index (χ2n) is 6.85. The molecule has 160 valence electrons. The molecule has 1 saturated heterocycles. The van der Waals surface area contributed by atoms with Crippen molar-refractivity contribution in [3.8, 4) is 5.75 Å². The Balaban J connectivity index is 0.00000392. The minimum atomic E-state index is 0. The van der Waals surface area contributed by atoms with Gasteiger partial charge in [0.05, 0.1) is 12.7 Å². The van der Waals surface area contributed by atoms with Crippen molar-refractivity contribution in [1.29, 1.82) is 0 Å². The first-order valence-corrected chi connectivity index (χ1v) is 10.1. The van der Waals surface area contributed by atoms with Gasteiger partial charge in [-0.25, -0.2) is 0 Å². The molecule has 0 aliphatic carbocycles. The molecule has 6 nitrogen and oxygen atoms in total. The van der Waals surface area contributed by atoms with Gasteiger partial charge in [-0.2, -0.15) is 0 Å². The van der Waals surface area contributed by atoms with Crippen LogP contribution >= 0.6 is 24.0 Å². The first-order valence-electron chi connectivity index (χ1n) is 10.1. The molecule has 1 aliphatic heterocycles. The van der Waals surface area contributed by atoms with Crippen LogP contribution < -0.4 is 15.4 Å². The Morgan fingerprint density at radius 1 is 1.21 bits per heavy atom. The average Bonchev–Trinajstić information content (AvgIpc) is 2.70. The Labute approximate surface area is 186 Å². The lowest BCUT2D eigenvalue weighted by Crippen LogP contribution is -2.37. The van der Waals surface area contributed by atoms with Crippen molar-refractivity contribution in [2.45, 2.75) is 52.2 Å². The Morgan fingerprint density at radius 2 is 2.00 bits per heavy atom. The van der Waals surface area contributed by atoms with Crippen LogP contribution in [0.1, 0.15) is 43.7 Å². The van der Waals surface area contributed by atoms with Crippen LogP contribution in [-0.2, 0) is 16.0 Å². The molecule has 1 aliphatic rings. The minimum Gasteiger partial charge on any atom is -0.493 e. The van der Waals surface area contributed by atoms with E-state index in [1.165, 1.54) is 5.56 Å². The number of nitrogens with zero attached hydrogens (tertiary/aromatic N) is 1. The Bertz CT molecular complexity index is 578. The molecule has 1 heterocycles. The molecule has 0 bridgehead atoms. The third kappa shape index (κ3) is 9.43. The Kier molecular flexibility index (Phi) is 13.3. The van der Waals surface area contributed by atoms with E-state index in [4.69, 9.17) is 14.2 Å². The maximum atomic E-state index is 5.90. The number of rotatable bonds is 10. The lowest BCUT2D eigenvalue weighted by molar-refractivity contribution is -0.0320. The minimum absolute atomic E-state index is 0. The maximum Gasteiger partial charge on any atom is 0.191 e. The summed E-state index contributed by atoms with van der Waals surface area (Å²) in [6.07, 6.45) is 4.33. The van der Waals surface area contributed by atoms with Crippen molar-refractivity contribution in [2.24, 2.45) is 4.99 Å². The Hall–Kier alpha value is -1.06. The molecule has 2 rings (SSSR count).